The maximum Gasteiger partial charge on any atom is 0.221 e. The number of nitrogens with one attached hydrogen (secondary N) is 1. The van der Waals surface area contributed by atoms with Gasteiger partial charge in [0.05, 0.1) is 26.7 Å². The molecule has 3 aliphatic rings. The molecule has 0 aromatic carbocycles. The van der Waals surface area contributed by atoms with E-state index in [9.17, 15) is 9.90 Å². The monoisotopic (exact) mass is 270 g/mol. The molecule has 19 heavy (non-hydrogen) atoms. The number of hydrogen-bond acceptors (Lipinski definition) is 7. The van der Waals surface area contributed by atoms with E-state index in [2.05, 4.69) is 10.2 Å². The van der Waals surface area contributed by atoms with Crippen molar-refractivity contribution in [3.63, 3.8) is 0 Å². The van der Waals surface area contributed by atoms with Crippen LogP contribution in [0.15, 0.2) is 0 Å². The predicted molar refractivity (Wildman–Crippen MR) is 67.9 cm³/mol. The smallest absolute Gasteiger partial charge is 0.221 e. The SMILES string of the molecule is CC(=O)N1CN(C)CN2C1C1NCN(C)CN1C2O. The van der Waals surface area contributed by atoms with Crippen molar-refractivity contribution in [1.82, 2.24) is 29.8 Å². The van der Waals surface area contributed by atoms with Gasteiger partial charge in [-0.3, -0.25) is 19.9 Å². The van der Waals surface area contributed by atoms with Crippen molar-refractivity contribution in [2.24, 2.45) is 0 Å². The van der Waals surface area contributed by atoms with Crippen molar-refractivity contribution in [1.29, 1.82) is 0 Å². The van der Waals surface area contributed by atoms with Gasteiger partial charge in [0.25, 0.3) is 0 Å². The Morgan fingerprint density at radius 2 is 1.84 bits per heavy atom. The van der Waals surface area contributed by atoms with Crippen LogP contribution < -0.4 is 5.32 Å². The molecule has 3 unspecified atom stereocenters. The van der Waals surface area contributed by atoms with Crippen molar-refractivity contribution in [3.05, 3.63) is 0 Å². The first kappa shape index (κ1) is 13.2. The molecule has 3 atom stereocenters. The van der Waals surface area contributed by atoms with Gasteiger partial charge in [-0.05, 0) is 14.1 Å². The Morgan fingerprint density at radius 1 is 1.16 bits per heavy atom. The summed E-state index contributed by atoms with van der Waals surface area (Å²) in [5.74, 6) is 0.0383. The molecule has 0 aromatic rings. The molecule has 3 saturated heterocycles. The van der Waals surface area contributed by atoms with Crippen molar-refractivity contribution in [2.75, 3.05) is 40.8 Å². The van der Waals surface area contributed by atoms with Gasteiger partial charge in [-0.1, -0.05) is 0 Å². The summed E-state index contributed by atoms with van der Waals surface area (Å²) in [6.07, 6.45) is -0.768. The van der Waals surface area contributed by atoms with Crippen molar-refractivity contribution >= 4 is 5.91 Å². The largest absolute Gasteiger partial charge is 0.365 e. The van der Waals surface area contributed by atoms with Gasteiger partial charge >= 0.3 is 0 Å². The van der Waals surface area contributed by atoms with Gasteiger partial charge in [0.1, 0.15) is 12.3 Å². The number of carbonyl (C=O) groups excluding carboxylic acids is 1. The highest BCUT2D eigenvalue weighted by Gasteiger charge is 2.53. The topological polar surface area (TPSA) is 65.5 Å². The summed E-state index contributed by atoms with van der Waals surface area (Å²) in [7, 11) is 3.96. The molecule has 0 aromatic heterocycles. The van der Waals surface area contributed by atoms with E-state index in [1.54, 1.807) is 6.92 Å². The van der Waals surface area contributed by atoms with Crippen LogP contribution in [0, 0.1) is 0 Å². The Balaban J connectivity index is 1.89. The second-order valence-electron chi connectivity index (χ2n) is 5.72. The third kappa shape index (κ3) is 2.04. The zero-order chi connectivity index (χ0) is 13.7. The summed E-state index contributed by atoms with van der Waals surface area (Å²) >= 11 is 0. The van der Waals surface area contributed by atoms with Gasteiger partial charge in [-0.25, -0.2) is 9.80 Å². The molecule has 0 bridgehead atoms. The standard InChI is InChI=1S/C11H22N6O2/c1-8(18)15-6-14(3)7-17-10(15)9-12-4-13(2)5-16(9)11(17)19/h9-12,19H,4-7H2,1-3H3. The van der Waals surface area contributed by atoms with E-state index in [0.717, 1.165) is 6.67 Å². The first-order chi connectivity index (χ1) is 8.99. The number of rotatable bonds is 0. The highest BCUT2D eigenvalue weighted by Crippen LogP contribution is 2.31. The van der Waals surface area contributed by atoms with E-state index in [0.29, 0.717) is 20.0 Å². The summed E-state index contributed by atoms with van der Waals surface area (Å²) in [5, 5.41) is 13.9. The first-order valence-corrected chi connectivity index (χ1v) is 6.56. The molecule has 3 heterocycles. The third-order valence-electron chi connectivity index (χ3n) is 4.07. The van der Waals surface area contributed by atoms with Crippen LogP contribution in [-0.4, -0.2) is 95.0 Å². The van der Waals surface area contributed by atoms with Crippen LogP contribution in [0.1, 0.15) is 6.92 Å². The average molecular weight is 270 g/mol. The summed E-state index contributed by atoms with van der Waals surface area (Å²) in [5.41, 5.74) is 0. The van der Waals surface area contributed by atoms with Gasteiger partial charge < -0.3 is 10.0 Å². The maximum atomic E-state index is 11.9. The number of fused-ring (bicyclic) bond motifs is 3. The van der Waals surface area contributed by atoms with E-state index >= 15 is 0 Å². The molecule has 2 N–H and O–H groups in total. The molecule has 0 saturated carbocycles. The van der Waals surface area contributed by atoms with Crippen LogP contribution in [0.5, 0.6) is 0 Å². The molecule has 8 nitrogen and oxygen atoms in total. The Labute approximate surface area is 113 Å². The Hall–Kier alpha value is -0.770. The van der Waals surface area contributed by atoms with E-state index in [1.165, 1.54) is 0 Å². The normalized spacial score (nSPS) is 38.3. The lowest BCUT2D eigenvalue weighted by molar-refractivity contribution is -0.160. The second-order valence-corrected chi connectivity index (χ2v) is 5.72. The molecule has 3 rings (SSSR count). The zero-order valence-electron chi connectivity index (χ0n) is 11.7. The van der Waals surface area contributed by atoms with Crippen LogP contribution in [-0.2, 0) is 4.79 Å². The minimum absolute atomic E-state index is 0.0104. The minimum atomic E-state index is -0.658. The molecular weight excluding hydrogens is 248 g/mol. The predicted octanol–water partition coefficient (Wildman–Crippen LogP) is -2.31. The number of carbonyl (C=O) groups is 1. The molecule has 0 spiro atoms. The number of hydrogen-bond donors (Lipinski definition) is 2. The molecule has 1 amide bonds. The van der Waals surface area contributed by atoms with E-state index in [4.69, 9.17) is 0 Å². The van der Waals surface area contributed by atoms with Crippen LogP contribution >= 0.6 is 0 Å². The van der Waals surface area contributed by atoms with Crippen molar-refractivity contribution in [3.8, 4) is 0 Å². The van der Waals surface area contributed by atoms with E-state index < -0.39 is 6.35 Å². The highest BCUT2D eigenvalue weighted by molar-refractivity contribution is 5.73. The zero-order valence-corrected chi connectivity index (χ0v) is 11.7. The van der Waals surface area contributed by atoms with Crippen molar-refractivity contribution in [2.45, 2.75) is 25.6 Å². The summed E-state index contributed by atoms with van der Waals surface area (Å²) in [6, 6.07) is 0. The lowest BCUT2D eigenvalue weighted by Crippen LogP contribution is -2.66. The Kier molecular flexibility index (Phi) is 3.24. The fourth-order valence-corrected chi connectivity index (χ4v) is 3.24. The molecule has 8 heteroatoms. The number of aliphatic hydroxyl groups excluding tert-OH is 1. The summed E-state index contributed by atoms with van der Waals surface area (Å²) < 4.78 is 0. The second kappa shape index (κ2) is 4.65. The van der Waals surface area contributed by atoms with Gasteiger partial charge in [0.15, 0.2) is 6.35 Å². The number of amides is 1. The van der Waals surface area contributed by atoms with Crippen LogP contribution in [0.2, 0.25) is 0 Å². The number of nitrogens with zero attached hydrogens (tertiary/aromatic N) is 5. The fraction of sp³-hybridized carbons (Fsp3) is 0.909. The van der Waals surface area contributed by atoms with E-state index in [1.807, 2.05) is 33.7 Å². The molecular formula is C11H22N6O2. The lowest BCUT2D eigenvalue weighted by atomic mass is 10.2. The van der Waals surface area contributed by atoms with Gasteiger partial charge in [0.2, 0.25) is 5.91 Å². The molecule has 3 fully saturated rings. The number of aliphatic hydroxyl groups is 1. The third-order valence-corrected chi connectivity index (χ3v) is 4.07. The van der Waals surface area contributed by atoms with Gasteiger partial charge in [-0.2, -0.15) is 0 Å². The summed E-state index contributed by atoms with van der Waals surface area (Å²) in [4.78, 5) is 21.8. The van der Waals surface area contributed by atoms with Crippen LogP contribution in [0.3, 0.4) is 0 Å². The highest BCUT2D eigenvalue weighted by atomic mass is 16.3. The quantitative estimate of drug-likeness (QED) is 0.513. The Bertz CT molecular complexity index is 378. The fourth-order valence-electron chi connectivity index (χ4n) is 3.24. The molecule has 0 aliphatic carbocycles. The Morgan fingerprint density at radius 3 is 2.53 bits per heavy atom. The van der Waals surface area contributed by atoms with E-state index in [-0.39, 0.29) is 18.2 Å². The van der Waals surface area contributed by atoms with Gasteiger partial charge in [-0.15, -0.1) is 0 Å². The lowest BCUT2D eigenvalue weighted by Gasteiger charge is -2.45. The first-order valence-electron chi connectivity index (χ1n) is 6.56. The van der Waals surface area contributed by atoms with Gasteiger partial charge in [0, 0.05) is 6.92 Å². The minimum Gasteiger partial charge on any atom is -0.365 e. The summed E-state index contributed by atoms with van der Waals surface area (Å²) in [6.45, 7) is 4.31. The maximum absolute atomic E-state index is 11.9. The van der Waals surface area contributed by atoms with Crippen LogP contribution in [0.25, 0.3) is 0 Å². The average Bonchev–Trinajstić information content (AvgIpc) is 2.62. The van der Waals surface area contributed by atoms with Crippen LogP contribution in [0.4, 0.5) is 0 Å². The van der Waals surface area contributed by atoms with Crippen molar-refractivity contribution < 1.29 is 9.90 Å². The molecule has 0 radical (unpaired) electrons. The molecule has 3 aliphatic heterocycles. The molecule has 108 valence electrons.